The van der Waals surface area contributed by atoms with E-state index >= 15 is 0 Å². The lowest BCUT2D eigenvalue weighted by Crippen LogP contribution is -2.19. The highest BCUT2D eigenvalue weighted by Crippen LogP contribution is 2.28. The Labute approximate surface area is 157 Å². The molecule has 0 radical (unpaired) electrons. The van der Waals surface area contributed by atoms with Gasteiger partial charge in [-0.15, -0.1) is 0 Å². The largest absolute Gasteiger partial charge is 0.508 e. The van der Waals surface area contributed by atoms with Crippen LogP contribution >= 0.6 is 0 Å². The Hall–Kier alpha value is -2.33. The fourth-order valence-corrected chi connectivity index (χ4v) is 2.99. The van der Waals surface area contributed by atoms with Gasteiger partial charge in [-0.1, -0.05) is 44.2 Å². The molecule has 1 atom stereocenters. The quantitative estimate of drug-likeness (QED) is 0.382. The highest BCUT2D eigenvalue weighted by molar-refractivity contribution is 5.36. The molecule has 0 saturated heterocycles. The van der Waals surface area contributed by atoms with Gasteiger partial charge in [-0.3, -0.25) is 0 Å². The summed E-state index contributed by atoms with van der Waals surface area (Å²) in [5, 5.41) is 13.1. The van der Waals surface area contributed by atoms with Crippen LogP contribution in [0.5, 0.6) is 5.75 Å². The molecule has 1 aromatic heterocycles. The molecule has 0 aliphatic heterocycles. The molecule has 26 heavy (non-hydrogen) atoms. The lowest BCUT2D eigenvalue weighted by Gasteiger charge is -2.19. The van der Waals surface area contributed by atoms with E-state index in [-0.39, 0.29) is 5.92 Å². The van der Waals surface area contributed by atoms with Gasteiger partial charge in [0, 0.05) is 17.8 Å². The third-order valence-electron chi connectivity index (χ3n) is 4.49. The van der Waals surface area contributed by atoms with Gasteiger partial charge in [0.05, 0.1) is 6.33 Å². The number of aromatic hydroxyl groups is 1. The minimum Gasteiger partial charge on any atom is -0.508 e. The zero-order valence-corrected chi connectivity index (χ0v) is 15.7. The van der Waals surface area contributed by atoms with Crippen LogP contribution in [0.4, 0.5) is 0 Å². The molecule has 0 aliphatic rings. The molecule has 0 aliphatic carbocycles. The Morgan fingerprint density at radius 3 is 2.81 bits per heavy atom. The van der Waals surface area contributed by atoms with Crippen molar-refractivity contribution in [2.75, 3.05) is 13.1 Å². The number of benzene rings is 1. The standard InChI is InChI=1S/C22H31N3O/c1-3-4-5-7-18(2)22(19-9-11-21(26)12-10-19)13-15-23-14-6-8-20-16-24-17-25-20/h5,7,9-12,16-17,22-23,26H,2-4,6,8,13-15H2,1H3,(H,24,25)/b7-5-. The van der Waals surface area contributed by atoms with Gasteiger partial charge in [-0.25, -0.2) is 4.98 Å². The summed E-state index contributed by atoms with van der Waals surface area (Å²) in [6.07, 6.45) is 13.3. The second kappa shape index (κ2) is 11.3. The second-order valence-electron chi connectivity index (χ2n) is 6.63. The molecule has 0 amide bonds. The minimum absolute atomic E-state index is 0.267. The van der Waals surface area contributed by atoms with Crippen molar-refractivity contribution in [3.63, 3.8) is 0 Å². The SMILES string of the molecule is C=C(/C=C\CCC)C(CCNCCCc1cnc[nH]1)c1ccc(O)cc1. The van der Waals surface area contributed by atoms with Crippen molar-refractivity contribution < 1.29 is 5.11 Å². The minimum atomic E-state index is 0.267. The third kappa shape index (κ3) is 6.89. The van der Waals surface area contributed by atoms with E-state index in [1.807, 2.05) is 18.3 Å². The number of aromatic nitrogens is 2. The van der Waals surface area contributed by atoms with Crippen LogP contribution in [0.2, 0.25) is 0 Å². The smallest absolute Gasteiger partial charge is 0.115 e. The number of allylic oxidation sites excluding steroid dienone is 3. The lowest BCUT2D eigenvalue weighted by atomic mass is 9.88. The van der Waals surface area contributed by atoms with Crippen molar-refractivity contribution in [3.05, 3.63) is 72.4 Å². The summed E-state index contributed by atoms with van der Waals surface area (Å²) in [5.74, 6) is 0.570. The van der Waals surface area contributed by atoms with Crippen molar-refractivity contribution in [1.82, 2.24) is 15.3 Å². The second-order valence-corrected chi connectivity index (χ2v) is 6.63. The van der Waals surface area contributed by atoms with Crippen LogP contribution in [0, 0.1) is 0 Å². The van der Waals surface area contributed by atoms with Gasteiger partial charge in [0.15, 0.2) is 0 Å². The van der Waals surface area contributed by atoms with Gasteiger partial charge in [-0.2, -0.15) is 0 Å². The summed E-state index contributed by atoms with van der Waals surface area (Å²) in [7, 11) is 0. The zero-order chi connectivity index (χ0) is 18.6. The van der Waals surface area contributed by atoms with Crippen LogP contribution in [0.15, 0.2) is 61.1 Å². The molecule has 2 rings (SSSR count). The predicted octanol–water partition coefficient (Wildman–Crippen LogP) is 4.72. The maximum absolute atomic E-state index is 9.55. The Kier molecular flexibility index (Phi) is 8.70. The Balaban J connectivity index is 1.83. The van der Waals surface area contributed by atoms with Crippen molar-refractivity contribution in [1.29, 1.82) is 0 Å². The number of phenolic OH excluding ortho intramolecular Hbond substituents is 1. The summed E-state index contributed by atoms with van der Waals surface area (Å²) < 4.78 is 0. The molecule has 3 N–H and O–H groups in total. The third-order valence-corrected chi connectivity index (χ3v) is 4.49. The van der Waals surface area contributed by atoms with Gasteiger partial charge >= 0.3 is 0 Å². The van der Waals surface area contributed by atoms with E-state index in [0.717, 1.165) is 50.8 Å². The molecule has 140 valence electrons. The summed E-state index contributed by atoms with van der Waals surface area (Å²) in [6, 6.07) is 7.50. The molecule has 0 saturated carbocycles. The van der Waals surface area contributed by atoms with Gasteiger partial charge in [0.2, 0.25) is 0 Å². The highest BCUT2D eigenvalue weighted by atomic mass is 16.3. The van der Waals surface area contributed by atoms with Gasteiger partial charge in [0.1, 0.15) is 5.75 Å². The van der Waals surface area contributed by atoms with E-state index in [1.54, 1.807) is 18.5 Å². The van der Waals surface area contributed by atoms with Crippen LogP contribution in [-0.2, 0) is 6.42 Å². The number of phenols is 1. The van der Waals surface area contributed by atoms with Crippen LogP contribution in [0.1, 0.15) is 49.8 Å². The van der Waals surface area contributed by atoms with Crippen LogP contribution in [0.3, 0.4) is 0 Å². The first-order valence-electron chi connectivity index (χ1n) is 9.53. The predicted molar refractivity (Wildman–Crippen MR) is 108 cm³/mol. The molecule has 4 heteroatoms. The average molecular weight is 354 g/mol. The first-order chi connectivity index (χ1) is 12.7. The number of rotatable bonds is 12. The number of aryl methyl sites for hydroxylation is 1. The summed E-state index contributed by atoms with van der Waals surface area (Å²) in [5.41, 5.74) is 3.51. The lowest BCUT2D eigenvalue weighted by molar-refractivity contribution is 0.475. The Morgan fingerprint density at radius 1 is 1.31 bits per heavy atom. The fourth-order valence-electron chi connectivity index (χ4n) is 2.99. The molecular formula is C22H31N3O. The molecule has 0 spiro atoms. The number of hydrogen-bond acceptors (Lipinski definition) is 3. The summed E-state index contributed by atoms with van der Waals surface area (Å²) in [6.45, 7) is 8.39. The van der Waals surface area contributed by atoms with Gasteiger partial charge in [0.25, 0.3) is 0 Å². The Morgan fingerprint density at radius 2 is 2.12 bits per heavy atom. The number of imidazole rings is 1. The van der Waals surface area contributed by atoms with Crippen LogP contribution < -0.4 is 5.32 Å². The summed E-state index contributed by atoms with van der Waals surface area (Å²) >= 11 is 0. The summed E-state index contributed by atoms with van der Waals surface area (Å²) in [4.78, 5) is 7.17. The van der Waals surface area contributed by atoms with E-state index in [0.29, 0.717) is 5.75 Å². The van der Waals surface area contributed by atoms with E-state index in [2.05, 4.69) is 40.9 Å². The molecule has 1 unspecified atom stereocenters. The van der Waals surface area contributed by atoms with Crippen LogP contribution in [0.25, 0.3) is 0 Å². The molecule has 2 aromatic rings. The normalized spacial score (nSPS) is 12.5. The topological polar surface area (TPSA) is 60.9 Å². The first-order valence-corrected chi connectivity index (χ1v) is 9.53. The van der Waals surface area contributed by atoms with E-state index in [1.165, 1.54) is 11.3 Å². The zero-order valence-electron chi connectivity index (χ0n) is 15.7. The highest BCUT2D eigenvalue weighted by Gasteiger charge is 2.13. The van der Waals surface area contributed by atoms with Crippen molar-refractivity contribution in [2.24, 2.45) is 0 Å². The number of H-pyrrole nitrogens is 1. The van der Waals surface area contributed by atoms with Crippen molar-refractivity contribution >= 4 is 0 Å². The molecule has 1 aromatic carbocycles. The van der Waals surface area contributed by atoms with Crippen molar-refractivity contribution in [3.8, 4) is 5.75 Å². The van der Waals surface area contributed by atoms with E-state index < -0.39 is 0 Å². The maximum atomic E-state index is 9.55. The van der Waals surface area contributed by atoms with Crippen LogP contribution in [-0.4, -0.2) is 28.2 Å². The number of unbranched alkanes of at least 4 members (excludes halogenated alkanes) is 1. The molecule has 1 heterocycles. The number of hydrogen-bond donors (Lipinski definition) is 3. The van der Waals surface area contributed by atoms with Gasteiger partial charge < -0.3 is 15.4 Å². The first kappa shape index (κ1) is 20.0. The van der Waals surface area contributed by atoms with E-state index in [4.69, 9.17) is 0 Å². The monoisotopic (exact) mass is 353 g/mol. The Bertz CT molecular complexity index is 659. The number of nitrogens with one attached hydrogen (secondary N) is 2. The number of aromatic amines is 1. The van der Waals surface area contributed by atoms with E-state index in [9.17, 15) is 5.11 Å². The van der Waals surface area contributed by atoms with Crippen molar-refractivity contribution in [2.45, 2.75) is 44.9 Å². The molecule has 0 fully saturated rings. The number of nitrogens with zero attached hydrogens (tertiary/aromatic N) is 1. The average Bonchev–Trinajstić information content (AvgIpc) is 3.16. The molecule has 0 bridgehead atoms. The molecule has 4 nitrogen and oxygen atoms in total. The molecular weight excluding hydrogens is 322 g/mol. The maximum Gasteiger partial charge on any atom is 0.115 e. The van der Waals surface area contributed by atoms with Gasteiger partial charge in [-0.05, 0) is 62.0 Å². The fraction of sp³-hybridized carbons (Fsp3) is 0.409.